The average Bonchev–Trinajstić information content (AvgIpc) is 2.43. The van der Waals surface area contributed by atoms with Crippen molar-refractivity contribution in [2.45, 2.75) is 13.5 Å². The molecule has 0 aliphatic heterocycles. The van der Waals surface area contributed by atoms with Gasteiger partial charge >= 0.3 is 0 Å². The highest BCUT2D eigenvalue weighted by Crippen LogP contribution is 2.10. The van der Waals surface area contributed by atoms with Gasteiger partial charge in [0.05, 0.1) is 6.61 Å². The number of carbonyl (C=O) groups excluding carboxylic acids is 1. The summed E-state index contributed by atoms with van der Waals surface area (Å²) in [5, 5.41) is 0. The molecular formula is C16H15FO2. The molecule has 0 saturated carbocycles. The Hall–Kier alpha value is -2.00. The lowest BCUT2D eigenvalue weighted by molar-refractivity contribution is 0.0726. The lowest BCUT2D eigenvalue weighted by Gasteiger charge is -2.05. The fourth-order valence-electron chi connectivity index (χ4n) is 1.74. The van der Waals surface area contributed by atoms with Gasteiger partial charge in [-0.25, -0.2) is 4.39 Å². The first kappa shape index (κ1) is 13.4. The molecule has 0 atom stereocenters. The van der Waals surface area contributed by atoms with Crippen molar-refractivity contribution in [1.29, 1.82) is 0 Å². The van der Waals surface area contributed by atoms with Crippen LogP contribution in [0.15, 0.2) is 48.5 Å². The number of ether oxygens (including phenoxy) is 1. The van der Waals surface area contributed by atoms with E-state index in [1.807, 2.05) is 30.3 Å². The summed E-state index contributed by atoms with van der Waals surface area (Å²) < 4.78 is 18.5. The van der Waals surface area contributed by atoms with Gasteiger partial charge in [-0.15, -0.1) is 0 Å². The summed E-state index contributed by atoms with van der Waals surface area (Å²) in [5.74, 6) is -0.444. The molecule has 0 aliphatic carbocycles. The predicted molar refractivity (Wildman–Crippen MR) is 71.6 cm³/mol. The molecule has 0 fully saturated rings. The topological polar surface area (TPSA) is 26.3 Å². The fraction of sp³-hybridized carbons (Fsp3) is 0.188. The van der Waals surface area contributed by atoms with Crippen LogP contribution in [0.3, 0.4) is 0 Å². The van der Waals surface area contributed by atoms with Crippen LogP contribution in [-0.2, 0) is 11.3 Å². The fourth-order valence-corrected chi connectivity index (χ4v) is 1.74. The van der Waals surface area contributed by atoms with Crippen LogP contribution in [0, 0.1) is 12.7 Å². The first-order chi connectivity index (χ1) is 9.16. The Balaban J connectivity index is 1.89. The zero-order chi connectivity index (χ0) is 13.7. The van der Waals surface area contributed by atoms with Crippen LogP contribution in [-0.4, -0.2) is 12.4 Å². The number of carbonyl (C=O) groups is 1. The largest absolute Gasteiger partial charge is 0.369 e. The maximum Gasteiger partial charge on any atom is 0.188 e. The third-order valence-electron chi connectivity index (χ3n) is 2.82. The van der Waals surface area contributed by atoms with E-state index in [-0.39, 0.29) is 18.2 Å². The van der Waals surface area contributed by atoms with E-state index in [9.17, 15) is 9.18 Å². The number of rotatable bonds is 5. The van der Waals surface area contributed by atoms with E-state index in [1.165, 1.54) is 12.1 Å². The second-order valence-corrected chi connectivity index (χ2v) is 4.37. The number of hydrogen-bond acceptors (Lipinski definition) is 2. The number of halogens is 1. The Morgan fingerprint density at radius 2 is 1.89 bits per heavy atom. The summed E-state index contributed by atoms with van der Waals surface area (Å²) in [5.41, 5.74) is 1.96. The molecule has 0 bridgehead atoms. The molecule has 19 heavy (non-hydrogen) atoms. The quantitative estimate of drug-likeness (QED) is 0.767. The van der Waals surface area contributed by atoms with Crippen LogP contribution in [0.25, 0.3) is 0 Å². The lowest BCUT2D eigenvalue weighted by Crippen LogP contribution is -2.09. The molecule has 0 aromatic heterocycles. The number of benzene rings is 2. The molecule has 0 unspecified atom stereocenters. The molecule has 0 saturated heterocycles. The summed E-state index contributed by atoms with van der Waals surface area (Å²) >= 11 is 0. The molecule has 0 amide bonds. The van der Waals surface area contributed by atoms with Crippen LogP contribution in [0.2, 0.25) is 0 Å². The number of ketones is 1. The normalized spacial score (nSPS) is 10.4. The van der Waals surface area contributed by atoms with Crippen molar-refractivity contribution in [3.05, 3.63) is 71.0 Å². The predicted octanol–water partition coefficient (Wildman–Crippen LogP) is 3.53. The van der Waals surface area contributed by atoms with Crippen LogP contribution < -0.4 is 0 Å². The minimum absolute atomic E-state index is 0.0000331. The van der Waals surface area contributed by atoms with E-state index < -0.39 is 0 Å². The Kier molecular flexibility index (Phi) is 4.42. The molecule has 0 N–H and O–H groups in total. The summed E-state index contributed by atoms with van der Waals surface area (Å²) in [4.78, 5) is 11.9. The first-order valence-corrected chi connectivity index (χ1v) is 6.08. The third-order valence-corrected chi connectivity index (χ3v) is 2.82. The van der Waals surface area contributed by atoms with E-state index in [2.05, 4.69) is 0 Å². The maximum atomic E-state index is 13.1. The molecule has 98 valence electrons. The van der Waals surface area contributed by atoms with Crippen LogP contribution in [0.1, 0.15) is 21.5 Å². The van der Waals surface area contributed by atoms with E-state index in [0.717, 1.165) is 5.56 Å². The van der Waals surface area contributed by atoms with Gasteiger partial charge in [-0.05, 0) is 36.2 Å². The Morgan fingerprint density at radius 3 is 2.58 bits per heavy atom. The Morgan fingerprint density at radius 1 is 1.16 bits per heavy atom. The first-order valence-electron chi connectivity index (χ1n) is 6.08. The van der Waals surface area contributed by atoms with Gasteiger partial charge in [0.2, 0.25) is 0 Å². The van der Waals surface area contributed by atoms with Gasteiger partial charge in [0.25, 0.3) is 0 Å². The molecule has 0 aliphatic rings. The Bertz CT molecular complexity index is 564. The molecule has 2 nitrogen and oxygen atoms in total. The number of aryl methyl sites for hydroxylation is 1. The molecule has 0 spiro atoms. The zero-order valence-corrected chi connectivity index (χ0v) is 10.7. The highest BCUT2D eigenvalue weighted by Gasteiger charge is 2.08. The number of hydrogen-bond donors (Lipinski definition) is 0. The van der Waals surface area contributed by atoms with Gasteiger partial charge in [-0.2, -0.15) is 0 Å². The molecule has 2 aromatic carbocycles. The summed E-state index contributed by atoms with van der Waals surface area (Å²) in [6.07, 6.45) is 0. The smallest absolute Gasteiger partial charge is 0.188 e. The van der Waals surface area contributed by atoms with Crippen molar-refractivity contribution >= 4 is 5.78 Å². The zero-order valence-electron chi connectivity index (χ0n) is 10.7. The van der Waals surface area contributed by atoms with Gasteiger partial charge in [-0.3, -0.25) is 4.79 Å². The highest BCUT2D eigenvalue weighted by molar-refractivity contribution is 5.97. The minimum atomic E-state index is -0.304. The average molecular weight is 258 g/mol. The van der Waals surface area contributed by atoms with Crippen molar-refractivity contribution < 1.29 is 13.9 Å². The highest BCUT2D eigenvalue weighted by atomic mass is 19.1. The second-order valence-electron chi connectivity index (χ2n) is 4.37. The van der Waals surface area contributed by atoms with Crippen molar-refractivity contribution in [1.82, 2.24) is 0 Å². The molecule has 2 aromatic rings. The Labute approximate surface area is 111 Å². The van der Waals surface area contributed by atoms with Gasteiger partial charge in [0.1, 0.15) is 12.4 Å². The van der Waals surface area contributed by atoms with E-state index in [0.29, 0.717) is 17.7 Å². The van der Waals surface area contributed by atoms with E-state index >= 15 is 0 Å². The van der Waals surface area contributed by atoms with E-state index in [1.54, 1.807) is 13.0 Å². The molecular weight excluding hydrogens is 243 g/mol. The minimum Gasteiger partial charge on any atom is -0.369 e. The van der Waals surface area contributed by atoms with Crippen LogP contribution in [0.4, 0.5) is 4.39 Å². The van der Waals surface area contributed by atoms with Crippen molar-refractivity contribution in [3.63, 3.8) is 0 Å². The number of Topliss-reactive ketones (excluding diaryl/α,β-unsaturated/α-hetero) is 1. The monoisotopic (exact) mass is 258 g/mol. The lowest BCUT2D eigenvalue weighted by atomic mass is 10.1. The molecule has 3 heteroatoms. The third kappa shape index (κ3) is 3.73. The van der Waals surface area contributed by atoms with Gasteiger partial charge < -0.3 is 4.74 Å². The van der Waals surface area contributed by atoms with Crippen molar-refractivity contribution in [2.24, 2.45) is 0 Å². The maximum absolute atomic E-state index is 13.1. The van der Waals surface area contributed by atoms with E-state index in [4.69, 9.17) is 4.74 Å². The SMILES string of the molecule is Cc1cc(C(=O)COCc2ccccc2)ccc1F. The van der Waals surface area contributed by atoms with Gasteiger partial charge in [0, 0.05) is 5.56 Å². The van der Waals surface area contributed by atoms with Crippen molar-refractivity contribution in [3.8, 4) is 0 Å². The summed E-state index contributed by atoms with van der Waals surface area (Å²) in [6.45, 7) is 2.03. The van der Waals surface area contributed by atoms with Gasteiger partial charge in [-0.1, -0.05) is 30.3 Å². The molecule has 0 radical (unpaired) electrons. The second kappa shape index (κ2) is 6.25. The molecule has 0 heterocycles. The van der Waals surface area contributed by atoms with Crippen LogP contribution >= 0.6 is 0 Å². The standard InChI is InChI=1S/C16H15FO2/c1-12-9-14(7-8-15(12)17)16(18)11-19-10-13-5-3-2-4-6-13/h2-9H,10-11H2,1H3. The van der Waals surface area contributed by atoms with Gasteiger partial charge in [0.15, 0.2) is 5.78 Å². The van der Waals surface area contributed by atoms with Crippen LogP contribution in [0.5, 0.6) is 0 Å². The summed E-state index contributed by atoms with van der Waals surface area (Å²) in [7, 11) is 0. The summed E-state index contributed by atoms with van der Waals surface area (Å²) in [6, 6.07) is 14.0. The van der Waals surface area contributed by atoms with Crippen molar-refractivity contribution in [2.75, 3.05) is 6.61 Å². The molecule has 2 rings (SSSR count).